The van der Waals surface area contributed by atoms with E-state index in [4.69, 9.17) is 16.1 Å². The Labute approximate surface area is 166 Å². The van der Waals surface area contributed by atoms with Gasteiger partial charge in [0.2, 0.25) is 11.7 Å². The molecule has 1 aliphatic heterocycles. The fourth-order valence-electron chi connectivity index (χ4n) is 3.29. The number of anilines is 1. The summed E-state index contributed by atoms with van der Waals surface area (Å²) in [6, 6.07) is 7.00. The molecule has 28 heavy (non-hydrogen) atoms. The Morgan fingerprint density at radius 1 is 1.36 bits per heavy atom. The molecule has 1 saturated heterocycles. The largest absolute Gasteiger partial charge is 0.339 e. The number of hydrogen-bond acceptors (Lipinski definition) is 6. The number of aromatic nitrogens is 4. The average molecular weight is 399 g/mol. The highest BCUT2D eigenvalue weighted by atomic mass is 35.5. The molecule has 0 aliphatic carbocycles. The van der Waals surface area contributed by atoms with Crippen molar-refractivity contribution in [3.05, 3.63) is 53.8 Å². The van der Waals surface area contributed by atoms with E-state index in [-0.39, 0.29) is 11.9 Å². The van der Waals surface area contributed by atoms with Gasteiger partial charge in [0.15, 0.2) is 0 Å². The predicted octanol–water partition coefficient (Wildman–Crippen LogP) is 3.67. The molecule has 1 fully saturated rings. The lowest BCUT2D eigenvalue weighted by atomic mass is 9.95. The minimum Gasteiger partial charge on any atom is -0.339 e. The molecule has 1 atom stereocenters. The molecule has 4 rings (SSSR count). The molecule has 1 aromatic carbocycles. The number of urea groups is 1. The van der Waals surface area contributed by atoms with Gasteiger partial charge >= 0.3 is 6.03 Å². The highest BCUT2D eigenvalue weighted by molar-refractivity contribution is 6.30. The topological polar surface area (TPSA) is 97.0 Å². The smallest absolute Gasteiger partial charge is 0.321 e. The number of rotatable bonds is 4. The van der Waals surface area contributed by atoms with Crippen molar-refractivity contribution in [2.75, 3.05) is 18.4 Å². The van der Waals surface area contributed by atoms with E-state index in [2.05, 4.69) is 25.4 Å². The lowest BCUT2D eigenvalue weighted by Gasteiger charge is -2.32. The first-order chi connectivity index (χ1) is 13.7. The Morgan fingerprint density at radius 2 is 2.29 bits per heavy atom. The van der Waals surface area contributed by atoms with Crippen molar-refractivity contribution >= 4 is 23.3 Å². The first kappa shape index (κ1) is 18.4. The Morgan fingerprint density at radius 3 is 3.11 bits per heavy atom. The maximum Gasteiger partial charge on any atom is 0.321 e. The zero-order chi connectivity index (χ0) is 19.3. The zero-order valence-corrected chi connectivity index (χ0v) is 15.8. The van der Waals surface area contributed by atoms with Crippen LogP contribution in [0.1, 0.15) is 18.7 Å². The molecule has 0 bridgehead atoms. The zero-order valence-electron chi connectivity index (χ0n) is 15.1. The van der Waals surface area contributed by atoms with Crippen LogP contribution >= 0.6 is 11.6 Å². The predicted molar refractivity (Wildman–Crippen MR) is 104 cm³/mol. The van der Waals surface area contributed by atoms with Gasteiger partial charge in [-0.15, -0.1) is 0 Å². The molecule has 144 valence electrons. The van der Waals surface area contributed by atoms with E-state index >= 15 is 0 Å². The van der Waals surface area contributed by atoms with E-state index in [1.165, 1.54) is 0 Å². The lowest BCUT2D eigenvalue weighted by Crippen LogP contribution is -2.42. The summed E-state index contributed by atoms with van der Waals surface area (Å²) in [5, 5.41) is 7.46. The van der Waals surface area contributed by atoms with Crippen LogP contribution < -0.4 is 5.32 Å². The van der Waals surface area contributed by atoms with Crippen LogP contribution in [-0.4, -0.2) is 44.1 Å². The van der Waals surface area contributed by atoms with E-state index in [9.17, 15) is 4.79 Å². The van der Waals surface area contributed by atoms with Gasteiger partial charge in [-0.1, -0.05) is 22.8 Å². The fourth-order valence-corrected chi connectivity index (χ4v) is 3.48. The number of carbonyl (C=O) groups excluding carboxylic acids is 1. The van der Waals surface area contributed by atoms with E-state index in [1.54, 1.807) is 36.8 Å². The molecule has 1 N–H and O–H groups in total. The van der Waals surface area contributed by atoms with Crippen LogP contribution in [0.2, 0.25) is 5.02 Å². The van der Waals surface area contributed by atoms with Gasteiger partial charge in [-0.05, 0) is 37.0 Å². The van der Waals surface area contributed by atoms with E-state index in [0.717, 1.165) is 19.4 Å². The molecule has 8 nitrogen and oxygen atoms in total. The summed E-state index contributed by atoms with van der Waals surface area (Å²) >= 11 is 5.98. The second kappa shape index (κ2) is 8.35. The number of carbonyl (C=O) groups is 1. The second-order valence-electron chi connectivity index (χ2n) is 6.70. The molecule has 0 radical (unpaired) electrons. The van der Waals surface area contributed by atoms with Crippen molar-refractivity contribution in [1.82, 2.24) is 25.0 Å². The first-order valence-corrected chi connectivity index (χ1v) is 9.45. The van der Waals surface area contributed by atoms with Crippen molar-refractivity contribution in [3.63, 3.8) is 0 Å². The Kier molecular flexibility index (Phi) is 5.48. The first-order valence-electron chi connectivity index (χ1n) is 9.08. The quantitative estimate of drug-likeness (QED) is 0.720. The van der Waals surface area contributed by atoms with Crippen LogP contribution in [0.3, 0.4) is 0 Å². The Bertz CT molecular complexity index is 948. The van der Waals surface area contributed by atoms with Crippen LogP contribution in [-0.2, 0) is 6.42 Å². The van der Waals surface area contributed by atoms with Crippen molar-refractivity contribution in [3.8, 4) is 11.5 Å². The molecule has 9 heteroatoms. The molecule has 0 spiro atoms. The van der Waals surface area contributed by atoms with Crippen molar-refractivity contribution in [1.29, 1.82) is 0 Å². The van der Waals surface area contributed by atoms with E-state index in [1.807, 2.05) is 11.0 Å². The Balaban J connectivity index is 1.36. The van der Waals surface area contributed by atoms with Crippen LogP contribution in [0.15, 0.2) is 47.4 Å². The van der Waals surface area contributed by atoms with Crippen molar-refractivity contribution in [2.24, 2.45) is 5.92 Å². The summed E-state index contributed by atoms with van der Waals surface area (Å²) in [6.07, 6.45) is 7.33. The van der Waals surface area contributed by atoms with Gasteiger partial charge < -0.3 is 14.7 Å². The van der Waals surface area contributed by atoms with Gasteiger partial charge in [0.1, 0.15) is 5.69 Å². The third-order valence-electron chi connectivity index (χ3n) is 4.61. The van der Waals surface area contributed by atoms with Crippen molar-refractivity contribution < 1.29 is 9.32 Å². The van der Waals surface area contributed by atoms with Gasteiger partial charge in [0, 0.05) is 42.6 Å². The number of nitrogens with zero attached hydrogens (tertiary/aromatic N) is 5. The minimum absolute atomic E-state index is 0.127. The SMILES string of the molecule is O=C(Nc1cccc(Cl)c1)N1CCCC(Cc2nc(-c3cnccn3)no2)C1. The number of likely N-dealkylation sites (tertiary alicyclic amines) is 1. The number of halogens is 1. The molecule has 1 unspecified atom stereocenters. The molecule has 2 amide bonds. The van der Waals surface area contributed by atoms with Crippen LogP contribution in [0.5, 0.6) is 0 Å². The van der Waals surface area contributed by atoms with Gasteiger partial charge in [0.05, 0.1) is 6.20 Å². The highest BCUT2D eigenvalue weighted by Crippen LogP contribution is 2.23. The highest BCUT2D eigenvalue weighted by Gasteiger charge is 2.25. The molecular weight excluding hydrogens is 380 g/mol. The molecule has 0 saturated carbocycles. The van der Waals surface area contributed by atoms with Gasteiger partial charge in [-0.3, -0.25) is 4.98 Å². The number of benzene rings is 1. The summed E-state index contributed by atoms with van der Waals surface area (Å²) in [6.45, 7) is 1.35. The van der Waals surface area contributed by atoms with E-state index < -0.39 is 0 Å². The maximum absolute atomic E-state index is 12.6. The third-order valence-corrected chi connectivity index (χ3v) is 4.84. The van der Waals surface area contributed by atoms with Crippen LogP contribution in [0.25, 0.3) is 11.5 Å². The molecule has 1 aliphatic rings. The summed E-state index contributed by atoms with van der Waals surface area (Å²) in [5.74, 6) is 1.23. The minimum atomic E-state index is -0.127. The van der Waals surface area contributed by atoms with Gasteiger partial charge in [-0.2, -0.15) is 4.98 Å². The molecular formula is C19H19ClN6O2. The number of piperidine rings is 1. The summed E-state index contributed by atoms with van der Waals surface area (Å²) < 4.78 is 5.36. The van der Waals surface area contributed by atoms with Crippen molar-refractivity contribution in [2.45, 2.75) is 19.3 Å². The number of amides is 2. The maximum atomic E-state index is 12.6. The summed E-state index contributed by atoms with van der Waals surface area (Å²) in [5.41, 5.74) is 1.26. The molecule has 3 aromatic rings. The average Bonchev–Trinajstić information content (AvgIpc) is 3.17. The summed E-state index contributed by atoms with van der Waals surface area (Å²) in [7, 11) is 0. The molecule has 2 aromatic heterocycles. The third kappa shape index (κ3) is 4.45. The molecule has 3 heterocycles. The second-order valence-corrected chi connectivity index (χ2v) is 7.14. The monoisotopic (exact) mass is 398 g/mol. The van der Waals surface area contributed by atoms with Gasteiger partial charge in [-0.25, -0.2) is 9.78 Å². The normalized spacial score (nSPS) is 16.8. The lowest BCUT2D eigenvalue weighted by molar-refractivity contribution is 0.173. The standard InChI is InChI=1S/C19H19ClN6O2/c20-14-4-1-5-15(10-14)23-19(27)26-8-2-3-13(12-26)9-17-24-18(25-28-17)16-11-21-6-7-22-16/h1,4-7,10-11,13H,2-3,8-9,12H2,(H,23,27). The van der Waals surface area contributed by atoms with Crippen LogP contribution in [0, 0.1) is 5.92 Å². The summed E-state index contributed by atoms with van der Waals surface area (Å²) in [4.78, 5) is 27.0. The number of nitrogens with one attached hydrogen (secondary N) is 1. The van der Waals surface area contributed by atoms with Gasteiger partial charge in [0.25, 0.3) is 0 Å². The van der Waals surface area contributed by atoms with Crippen LogP contribution in [0.4, 0.5) is 10.5 Å². The number of hydrogen-bond donors (Lipinski definition) is 1. The van der Waals surface area contributed by atoms with E-state index in [0.29, 0.717) is 41.1 Å². The Hall–Kier alpha value is -3.00. The fraction of sp³-hybridized carbons (Fsp3) is 0.316.